The van der Waals surface area contributed by atoms with Crippen LogP contribution in [-0.4, -0.2) is 9.55 Å². The Morgan fingerprint density at radius 3 is 1.27 bits per heavy atom. The van der Waals surface area contributed by atoms with Crippen molar-refractivity contribution in [2.24, 2.45) is 0 Å². The number of para-hydroxylation sites is 2. The van der Waals surface area contributed by atoms with Crippen molar-refractivity contribution in [1.82, 2.24) is 9.55 Å². The van der Waals surface area contributed by atoms with E-state index in [1.54, 1.807) is 0 Å². The molecular formula is C57H34N2. The molecule has 1 aliphatic heterocycles. The lowest BCUT2D eigenvalue weighted by molar-refractivity contribution is 0.746. The highest BCUT2D eigenvalue weighted by Crippen LogP contribution is 2.64. The van der Waals surface area contributed by atoms with E-state index in [4.69, 9.17) is 4.98 Å². The molecule has 0 radical (unpaired) electrons. The van der Waals surface area contributed by atoms with Crippen molar-refractivity contribution >= 4 is 11.0 Å². The molecule has 0 saturated carbocycles. The molecule has 14 rings (SSSR count). The van der Waals surface area contributed by atoms with Crippen LogP contribution in [0, 0.1) is 0 Å². The average Bonchev–Trinajstić information content (AvgIpc) is 4.02. The van der Waals surface area contributed by atoms with Gasteiger partial charge in [-0.25, -0.2) is 4.98 Å². The Balaban J connectivity index is 1.05. The van der Waals surface area contributed by atoms with Crippen LogP contribution < -0.4 is 0 Å². The highest BCUT2D eigenvalue weighted by atomic mass is 15.1. The molecule has 59 heavy (non-hydrogen) atoms. The first-order valence-corrected chi connectivity index (χ1v) is 20.6. The summed E-state index contributed by atoms with van der Waals surface area (Å²) in [5.74, 6) is 0.971. The molecule has 0 saturated heterocycles. The summed E-state index contributed by atoms with van der Waals surface area (Å²) >= 11 is 0. The molecule has 272 valence electrons. The van der Waals surface area contributed by atoms with Gasteiger partial charge in [0.05, 0.1) is 27.6 Å². The smallest absolute Gasteiger partial charge is 0.145 e. The lowest BCUT2D eigenvalue weighted by Gasteiger charge is -2.39. The fourth-order valence-electron chi connectivity index (χ4n) is 11.9. The zero-order chi connectivity index (χ0) is 38.5. The van der Waals surface area contributed by atoms with Crippen LogP contribution in [0.25, 0.3) is 72.6 Å². The number of benzene rings is 9. The fourth-order valence-corrected chi connectivity index (χ4v) is 11.9. The molecule has 4 aliphatic rings. The van der Waals surface area contributed by atoms with Gasteiger partial charge < -0.3 is 0 Å². The summed E-state index contributed by atoms with van der Waals surface area (Å²) in [6, 6.07) is 77.2. The van der Waals surface area contributed by atoms with Crippen LogP contribution in [0.1, 0.15) is 44.5 Å². The van der Waals surface area contributed by atoms with Crippen LogP contribution in [0.5, 0.6) is 0 Å². The van der Waals surface area contributed by atoms with Crippen LogP contribution in [-0.2, 0) is 10.8 Å². The van der Waals surface area contributed by atoms with Crippen LogP contribution in [0.3, 0.4) is 0 Å². The first kappa shape index (κ1) is 31.5. The molecule has 0 amide bonds. The monoisotopic (exact) mass is 746 g/mol. The second-order valence-corrected chi connectivity index (χ2v) is 16.5. The van der Waals surface area contributed by atoms with Crippen molar-refractivity contribution in [3.8, 4) is 61.6 Å². The third-order valence-electron chi connectivity index (χ3n) is 14.0. The highest BCUT2D eigenvalue weighted by molar-refractivity contribution is 5.99. The minimum Gasteiger partial charge on any atom is -0.292 e. The van der Waals surface area contributed by atoms with Crippen molar-refractivity contribution < 1.29 is 0 Å². The van der Waals surface area contributed by atoms with E-state index in [9.17, 15) is 0 Å². The Bertz CT molecular complexity index is 3400. The summed E-state index contributed by atoms with van der Waals surface area (Å²) < 4.78 is 2.42. The quantitative estimate of drug-likeness (QED) is 0.172. The normalized spacial score (nSPS) is 16.3. The van der Waals surface area contributed by atoms with Gasteiger partial charge in [0.1, 0.15) is 5.82 Å². The Kier molecular flexibility index (Phi) is 5.93. The van der Waals surface area contributed by atoms with Gasteiger partial charge in [-0.1, -0.05) is 182 Å². The van der Waals surface area contributed by atoms with E-state index in [-0.39, 0.29) is 0 Å². The molecule has 1 aromatic heterocycles. The van der Waals surface area contributed by atoms with E-state index in [1.165, 1.54) is 100 Å². The molecule has 3 aliphatic carbocycles. The minimum atomic E-state index is -0.542. The van der Waals surface area contributed by atoms with Gasteiger partial charge in [-0.3, -0.25) is 4.57 Å². The maximum absolute atomic E-state index is 5.37. The summed E-state index contributed by atoms with van der Waals surface area (Å²) in [7, 11) is 0. The van der Waals surface area contributed by atoms with Crippen molar-refractivity contribution in [2.45, 2.75) is 10.8 Å². The first-order valence-electron chi connectivity index (χ1n) is 20.6. The van der Waals surface area contributed by atoms with E-state index < -0.39 is 10.8 Å². The van der Waals surface area contributed by atoms with Gasteiger partial charge in [0.15, 0.2) is 0 Å². The van der Waals surface area contributed by atoms with Gasteiger partial charge in [0, 0.05) is 5.56 Å². The standard InChI is InChI=1S/C57H34N2/c1-2-15-35(16-3-1)55-58-52-27-14-26-49-54(52)59(55)53-28-13-12-25-48(53)57(49)47-24-11-7-20-41(47)43-32-30-37(34-51(43)57)36-29-31-42-40-19-6-10-23-46(40)56(50(42)33-36)44-21-8-4-17-38(44)39-18-5-9-22-45(39)56/h1-34H. The maximum Gasteiger partial charge on any atom is 0.145 e. The molecular weight excluding hydrogens is 713 g/mol. The predicted molar refractivity (Wildman–Crippen MR) is 239 cm³/mol. The number of hydrogen-bond donors (Lipinski definition) is 0. The summed E-state index contributed by atoms with van der Waals surface area (Å²) in [4.78, 5) is 5.37. The Labute approximate surface area is 342 Å². The lowest BCUT2D eigenvalue weighted by atomic mass is 9.65. The molecule has 1 atom stereocenters. The molecule has 0 bridgehead atoms. The number of imidazole rings is 1. The van der Waals surface area contributed by atoms with Gasteiger partial charge >= 0.3 is 0 Å². The van der Waals surface area contributed by atoms with Gasteiger partial charge in [-0.05, 0) is 113 Å². The molecule has 2 nitrogen and oxygen atoms in total. The SMILES string of the molecule is c1ccc(-c2nc3cccc4c3n2-c2ccccc2C42c3ccccc3-c3ccc(-c4ccc5c(c4)C4(c6ccccc6-c6ccccc64)c4ccccc4-5)cc32)cc1. The molecule has 1 unspecified atom stereocenters. The predicted octanol–water partition coefficient (Wildman–Crippen LogP) is 13.4. The summed E-state index contributed by atoms with van der Waals surface area (Å²) in [6.45, 7) is 0. The molecule has 9 aromatic carbocycles. The number of nitrogens with zero attached hydrogens (tertiary/aromatic N) is 2. The second-order valence-electron chi connectivity index (χ2n) is 16.5. The molecule has 2 heterocycles. The topological polar surface area (TPSA) is 17.8 Å². The highest BCUT2D eigenvalue weighted by Gasteiger charge is 2.53. The Morgan fingerprint density at radius 2 is 0.729 bits per heavy atom. The van der Waals surface area contributed by atoms with E-state index in [2.05, 4.69) is 211 Å². The van der Waals surface area contributed by atoms with E-state index in [0.717, 1.165) is 16.9 Å². The van der Waals surface area contributed by atoms with Gasteiger partial charge in [0.2, 0.25) is 0 Å². The largest absolute Gasteiger partial charge is 0.292 e. The average molecular weight is 747 g/mol. The third-order valence-corrected chi connectivity index (χ3v) is 14.0. The Morgan fingerprint density at radius 1 is 0.305 bits per heavy atom. The van der Waals surface area contributed by atoms with Crippen LogP contribution >= 0.6 is 0 Å². The van der Waals surface area contributed by atoms with E-state index in [0.29, 0.717) is 0 Å². The Hall–Kier alpha value is -7.55. The van der Waals surface area contributed by atoms with Gasteiger partial charge in [-0.15, -0.1) is 0 Å². The zero-order valence-corrected chi connectivity index (χ0v) is 32.0. The second kappa shape index (κ2) is 11.1. The number of rotatable bonds is 2. The molecule has 10 aromatic rings. The zero-order valence-electron chi connectivity index (χ0n) is 32.0. The fraction of sp³-hybridized carbons (Fsp3) is 0.0351. The van der Waals surface area contributed by atoms with Gasteiger partial charge in [0.25, 0.3) is 0 Å². The van der Waals surface area contributed by atoms with Crippen LogP contribution in [0.2, 0.25) is 0 Å². The van der Waals surface area contributed by atoms with Crippen molar-refractivity contribution in [3.63, 3.8) is 0 Å². The molecule has 0 N–H and O–H groups in total. The molecule has 2 spiro atoms. The van der Waals surface area contributed by atoms with Crippen LogP contribution in [0.4, 0.5) is 0 Å². The third kappa shape index (κ3) is 3.68. The van der Waals surface area contributed by atoms with Crippen molar-refractivity contribution in [1.29, 1.82) is 0 Å². The van der Waals surface area contributed by atoms with Crippen molar-refractivity contribution in [2.75, 3.05) is 0 Å². The minimum absolute atomic E-state index is 0.393. The number of hydrogen-bond acceptors (Lipinski definition) is 1. The lowest BCUT2D eigenvalue weighted by Crippen LogP contribution is -2.33. The van der Waals surface area contributed by atoms with Crippen LogP contribution in [0.15, 0.2) is 206 Å². The number of fused-ring (bicyclic) bond motifs is 19. The molecule has 0 fully saturated rings. The van der Waals surface area contributed by atoms with E-state index >= 15 is 0 Å². The van der Waals surface area contributed by atoms with Crippen molar-refractivity contribution in [3.05, 3.63) is 251 Å². The maximum atomic E-state index is 5.37. The van der Waals surface area contributed by atoms with Gasteiger partial charge in [-0.2, -0.15) is 0 Å². The molecule has 2 heteroatoms. The number of aromatic nitrogens is 2. The summed E-state index contributed by atoms with van der Waals surface area (Å²) in [6.07, 6.45) is 0. The first-order chi connectivity index (χ1) is 29.3. The summed E-state index contributed by atoms with van der Waals surface area (Å²) in [5.41, 5.74) is 24.5. The summed E-state index contributed by atoms with van der Waals surface area (Å²) in [5, 5.41) is 0. The van der Waals surface area contributed by atoms with E-state index in [1.807, 2.05) is 0 Å².